The molecular weight excluding hydrogens is 458 g/mol. The van der Waals surface area contributed by atoms with E-state index >= 15 is 0 Å². The average Bonchev–Trinajstić information content (AvgIpc) is 3.15. The van der Waals surface area contributed by atoms with Crippen molar-refractivity contribution < 1.29 is 24.2 Å². The molecule has 2 aliphatic rings. The first-order valence-electron chi connectivity index (χ1n) is 12.7. The van der Waals surface area contributed by atoms with Gasteiger partial charge in [-0.15, -0.1) is 0 Å². The van der Waals surface area contributed by atoms with Crippen LogP contribution in [-0.4, -0.2) is 77.6 Å². The zero-order chi connectivity index (χ0) is 25.5. The topological polar surface area (TPSA) is 92.2 Å². The Bertz CT molecular complexity index is 1100. The van der Waals surface area contributed by atoms with Crippen molar-refractivity contribution in [3.63, 3.8) is 0 Å². The van der Waals surface area contributed by atoms with E-state index in [1.165, 1.54) is 0 Å². The number of aryl methyl sites for hydroxylation is 1. The maximum atomic E-state index is 13.3. The van der Waals surface area contributed by atoms with Crippen molar-refractivity contribution in [2.75, 3.05) is 46.0 Å². The summed E-state index contributed by atoms with van der Waals surface area (Å²) in [7, 11) is 0. The second-order valence-corrected chi connectivity index (χ2v) is 9.26. The van der Waals surface area contributed by atoms with Crippen LogP contribution in [0.2, 0.25) is 0 Å². The van der Waals surface area contributed by atoms with E-state index in [0.29, 0.717) is 37.7 Å². The Labute approximate surface area is 212 Å². The van der Waals surface area contributed by atoms with E-state index in [1.807, 2.05) is 13.0 Å². The number of benzene rings is 1. The first-order valence-corrected chi connectivity index (χ1v) is 12.7. The molecule has 0 radical (unpaired) electrons. The quantitative estimate of drug-likeness (QED) is 0.233. The molecule has 2 fully saturated rings. The highest BCUT2D eigenvalue weighted by atomic mass is 16.5. The molecule has 192 valence electrons. The summed E-state index contributed by atoms with van der Waals surface area (Å²) in [5.74, 6) is -0.698. The summed E-state index contributed by atoms with van der Waals surface area (Å²) in [6.07, 6.45) is 5.99. The number of hydrogen-bond donors (Lipinski definition) is 1. The molecule has 0 spiro atoms. The van der Waals surface area contributed by atoms with Crippen LogP contribution in [0, 0.1) is 6.92 Å². The third-order valence-electron chi connectivity index (χ3n) is 6.76. The highest BCUT2D eigenvalue weighted by Crippen LogP contribution is 2.40. The molecule has 2 aromatic rings. The van der Waals surface area contributed by atoms with Gasteiger partial charge in [0, 0.05) is 44.1 Å². The molecule has 2 saturated heterocycles. The molecule has 0 aliphatic carbocycles. The number of morpholine rings is 1. The average molecular weight is 494 g/mol. The Balaban J connectivity index is 1.62. The van der Waals surface area contributed by atoms with Crippen LogP contribution in [-0.2, 0) is 14.3 Å². The minimum Gasteiger partial charge on any atom is -0.507 e. The molecule has 0 saturated carbocycles. The van der Waals surface area contributed by atoms with E-state index in [2.05, 4.69) is 16.8 Å². The van der Waals surface area contributed by atoms with Gasteiger partial charge in [0.2, 0.25) is 0 Å². The smallest absolute Gasteiger partial charge is 0.295 e. The SMILES string of the molecule is CCCCOc1ccc(/C(O)=C2\C(=O)C(=O)N(CCCN3CCOCC3)[C@H]2c2ccncc2)c(C)c1. The molecule has 1 atom stereocenters. The number of aromatic nitrogens is 1. The van der Waals surface area contributed by atoms with E-state index in [1.54, 1.807) is 41.6 Å². The van der Waals surface area contributed by atoms with Crippen LogP contribution in [0.15, 0.2) is 48.3 Å². The second-order valence-electron chi connectivity index (χ2n) is 9.26. The largest absolute Gasteiger partial charge is 0.507 e. The lowest BCUT2D eigenvalue weighted by Crippen LogP contribution is -2.38. The number of ketones is 1. The molecular formula is C28H35N3O5. The third-order valence-corrected chi connectivity index (χ3v) is 6.76. The highest BCUT2D eigenvalue weighted by Gasteiger charge is 2.46. The normalized spacial score (nSPS) is 20.2. The number of pyridine rings is 1. The van der Waals surface area contributed by atoms with Crippen LogP contribution in [0.5, 0.6) is 5.75 Å². The fourth-order valence-corrected chi connectivity index (χ4v) is 4.76. The number of likely N-dealkylation sites (tertiary alicyclic amines) is 1. The van der Waals surface area contributed by atoms with Crippen LogP contribution < -0.4 is 4.74 Å². The van der Waals surface area contributed by atoms with Crippen molar-refractivity contribution in [3.05, 3.63) is 65.0 Å². The lowest BCUT2D eigenvalue weighted by atomic mass is 9.94. The number of Topliss-reactive ketones (excluding diaryl/α,β-unsaturated/α-hetero) is 1. The van der Waals surface area contributed by atoms with Crippen molar-refractivity contribution in [3.8, 4) is 5.75 Å². The minimum absolute atomic E-state index is 0.111. The van der Waals surface area contributed by atoms with E-state index in [9.17, 15) is 14.7 Å². The van der Waals surface area contributed by atoms with Gasteiger partial charge >= 0.3 is 0 Å². The van der Waals surface area contributed by atoms with Gasteiger partial charge in [0.25, 0.3) is 11.7 Å². The number of hydrogen-bond acceptors (Lipinski definition) is 7. The van der Waals surface area contributed by atoms with Crippen LogP contribution >= 0.6 is 0 Å². The van der Waals surface area contributed by atoms with Crippen molar-refractivity contribution in [2.45, 2.75) is 39.2 Å². The zero-order valence-electron chi connectivity index (χ0n) is 21.1. The Morgan fingerprint density at radius 2 is 1.86 bits per heavy atom. The molecule has 2 aliphatic heterocycles. The molecule has 4 rings (SSSR count). The lowest BCUT2D eigenvalue weighted by molar-refractivity contribution is -0.140. The summed E-state index contributed by atoms with van der Waals surface area (Å²) >= 11 is 0. The Kier molecular flexibility index (Phi) is 8.72. The van der Waals surface area contributed by atoms with E-state index in [-0.39, 0.29) is 11.3 Å². The first kappa shape index (κ1) is 25.9. The predicted molar refractivity (Wildman–Crippen MR) is 137 cm³/mol. The Morgan fingerprint density at radius 1 is 1.11 bits per heavy atom. The summed E-state index contributed by atoms with van der Waals surface area (Å²) in [4.78, 5) is 34.4. The Hall–Kier alpha value is -3.23. The summed E-state index contributed by atoms with van der Waals surface area (Å²) in [5.41, 5.74) is 2.14. The molecule has 36 heavy (non-hydrogen) atoms. The minimum atomic E-state index is -0.669. The van der Waals surface area contributed by atoms with Crippen LogP contribution in [0.3, 0.4) is 0 Å². The number of carbonyl (C=O) groups excluding carboxylic acids is 2. The predicted octanol–water partition coefficient (Wildman–Crippen LogP) is 3.71. The number of unbranched alkanes of at least 4 members (excludes halogenated alkanes) is 1. The van der Waals surface area contributed by atoms with E-state index in [0.717, 1.165) is 50.0 Å². The second kappa shape index (κ2) is 12.1. The fourth-order valence-electron chi connectivity index (χ4n) is 4.76. The molecule has 1 aromatic carbocycles. The Morgan fingerprint density at radius 3 is 2.56 bits per heavy atom. The number of aliphatic hydroxyl groups is 1. The summed E-state index contributed by atoms with van der Waals surface area (Å²) in [5, 5.41) is 11.4. The van der Waals surface area contributed by atoms with Crippen molar-refractivity contribution >= 4 is 17.4 Å². The van der Waals surface area contributed by atoms with Gasteiger partial charge in [-0.25, -0.2) is 0 Å². The van der Waals surface area contributed by atoms with E-state index < -0.39 is 17.7 Å². The number of rotatable bonds is 10. The molecule has 0 bridgehead atoms. The molecule has 1 N–H and O–H groups in total. The van der Waals surface area contributed by atoms with Gasteiger partial charge in [0.15, 0.2) is 0 Å². The number of aliphatic hydroxyl groups excluding tert-OH is 1. The zero-order valence-corrected chi connectivity index (χ0v) is 21.1. The fraction of sp³-hybridized carbons (Fsp3) is 0.464. The van der Waals surface area contributed by atoms with Crippen LogP contribution in [0.25, 0.3) is 5.76 Å². The molecule has 0 unspecified atom stereocenters. The number of amides is 1. The highest BCUT2D eigenvalue weighted by molar-refractivity contribution is 6.46. The van der Waals surface area contributed by atoms with E-state index in [4.69, 9.17) is 9.47 Å². The molecule has 8 nitrogen and oxygen atoms in total. The summed E-state index contributed by atoms with van der Waals surface area (Å²) in [6, 6.07) is 8.30. The van der Waals surface area contributed by atoms with Crippen molar-refractivity contribution in [1.29, 1.82) is 0 Å². The first-order chi connectivity index (χ1) is 17.5. The monoisotopic (exact) mass is 493 g/mol. The van der Waals surface area contributed by atoms with Crippen molar-refractivity contribution in [1.82, 2.24) is 14.8 Å². The maximum absolute atomic E-state index is 13.3. The number of carbonyl (C=O) groups is 2. The maximum Gasteiger partial charge on any atom is 0.295 e. The molecule has 3 heterocycles. The van der Waals surface area contributed by atoms with Gasteiger partial charge in [0.1, 0.15) is 11.5 Å². The summed E-state index contributed by atoms with van der Waals surface area (Å²) in [6.45, 7) is 8.97. The summed E-state index contributed by atoms with van der Waals surface area (Å²) < 4.78 is 11.2. The molecule has 1 aromatic heterocycles. The standard InChI is InChI=1S/C28H35N3O5/c1-3-4-16-36-22-6-7-23(20(2)19-22)26(32)24-25(21-8-10-29-11-9-21)31(28(34)27(24)33)13-5-12-30-14-17-35-18-15-30/h6-11,19,25,32H,3-5,12-18H2,1-2H3/b26-24+/t25-/m0/s1. The number of nitrogens with zero attached hydrogens (tertiary/aromatic N) is 3. The third kappa shape index (κ3) is 5.77. The molecule has 8 heteroatoms. The van der Waals surface area contributed by atoms with Gasteiger partial charge in [-0.1, -0.05) is 13.3 Å². The lowest BCUT2D eigenvalue weighted by Gasteiger charge is -2.29. The van der Waals surface area contributed by atoms with Gasteiger partial charge in [0.05, 0.1) is 31.4 Å². The molecule has 1 amide bonds. The van der Waals surface area contributed by atoms with Gasteiger partial charge in [-0.3, -0.25) is 19.5 Å². The van der Waals surface area contributed by atoms with Crippen molar-refractivity contribution in [2.24, 2.45) is 0 Å². The number of ether oxygens (including phenoxy) is 2. The van der Waals surface area contributed by atoms with Crippen LogP contribution in [0.4, 0.5) is 0 Å². The van der Waals surface area contributed by atoms with Crippen LogP contribution in [0.1, 0.15) is 48.9 Å². The van der Waals surface area contributed by atoms with Gasteiger partial charge in [-0.05, 0) is 61.2 Å². The van der Waals surface area contributed by atoms with Gasteiger partial charge < -0.3 is 19.5 Å². The van der Waals surface area contributed by atoms with Gasteiger partial charge in [-0.2, -0.15) is 0 Å².